The van der Waals surface area contributed by atoms with Gasteiger partial charge in [0.05, 0.1) is 5.56 Å². The van der Waals surface area contributed by atoms with Crippen molar-refractivity contribution >= 4 is 16.7 Å². The van der Waals surface area contributed by atoms with Gasteiger partial charge in [-0.1, -0.05) is 30.3 Å². The van der Waals surface area contributed by atoms with Gasteiger partial charge in [0.2, 0.25) is 0 Å². The molecule has 0 aliphatic heterocycles. The van der Waals surface area contributed by atoms with Crippen LogP contribution in [0.1, 0.15) is 15.9 Å². The Morgan fingerprint density at radius 2 is 1.54 bits per heavy atom. The molecule has 5 heteroatoms. The zero-order valence-electron chi connectivity index (χ0n) is 12.9. The van der Waals surface area contributed by atoms with Crippen LogP contribution in [-0.2, 0) is 6.42 Å². The van der Waals surface area contributed by atoms with Crippen molar-refractivity contribution < 1.29 is 20.1 Å². The minimum absolute atomic E-state index is 0.0616. The zero-order valence-corrected chi connectivity index (χ0v) is 12.9. The van der Waals surface area contributed by atoms with Crippen molar-refractivity contribution in [2.24, 2.45) is 0 Å². The quantitative estimate of drug-likeness (QED) is 0.556. The first-order valence-corrected chi connectivity index (χ1v) is 7.55. The second kappa shape index (κ2) is 6.50. The second-order valence-corrected chi connectivity index (χ2v) is 5.55. The van der Waals surface area contributed by atoms with Gasteiger partial charge in [-0.2, -0.15) is 0 Å². The highest BCUT2D eigenvalue weighted by Crippen LogP contribution is 2.26. The predicted molar refractivity (Wildman–Crippen MR) is 91.4 cm³/mol. The minimum Gasteiger partial charge on any atom is -0.507 e. The fourth-order valence-electron chi connectivity index (χ4n) is 2.55. The van der Waals surface area contributed by atoms with Gasteiger partial charge in [0.1, 0.15) is 5.75 Å². The third-order valence-corrected chi connectivity index (χ3v) is 3.85. The Balaban J connectivity index is 1.68. The van der Waals surface area contributed by atoms with Crippen molar-refractivity contribution in [1.29, 1.82) is 0 Å². The first-order valence-electron chi connectivity index (χ1n) is 7.55. The number of carbonyl (C=O) groups is 1. The lowest BCUT2D eigenvalue weighted by Gasteiger charge is -2.09. The molecule has 0 unspecified atom stereocenters. The van der Waals surface area contributed by atoms with E-state index >= 15 is 0 Å². The number of rotatable bonds is 4. The maximum absolute atomic E-state index is 12.3. The van der Waals surface area contributed by atoms with Crippen LogP contribution in [0.25, 0.3) is 10.8 Å². The van der Waals surface area contributed by atoms with Crippen molar-refractivity contribution in [2.45, 2.75) is 6.42 Å². The molecule has 0 atom stereocenters. The van der Waals surface area contributed by atoms with E-state index in [1.807, 2.05) is 24.3 Å². The van der Waals surface area contributed by atoms with Crippen molar-refractivity contribution in [3.63, 3.8) is 0 Å². The molecule has 122 valence electrons. The zero-order chi connectivity index (χ0) is 17.1. The molecule has 0 fully saturated rings. The van der Waals surface area contributed by atoms with E-state index in [4.69, 9.17) is 0 Å². The third-order valence-electron chi connectivity index (χ3n) is 3.85. The number of hydrogen-bond donors (Lipinski definition) is 4. The fraction of sp³-hybridized carbons (Fsp3) is 0.105. The summed E-state index contributed by atoms with van der Waals surface area (Å²) in [6, 6.07) is 15.3. The van der Waals surface area contributed by atoms with Crippen molar-refractivity contribution in [2.75, 3.05) is 6.54 Å². The molecular weight excluding hydrogens is 306 g/mol. The van der Waals surface area contributed by atoms with Crippen molar-refractivity contribution in [3.8, 4) is 17.2 Å². The van der Waals surface area contributed by atoms with Gasteiger partial charge in [0.25, 0.3) is 5.91 Å². The molecular formula is C19H17NO4. The van der Waals surface area contributed by atoms with Crippen LogP contribution in [0.2, 0.25) is 0 Å². The molecule has 3 aromatic rings. The molecule has 0 bridgehead atoms. The summed E-state index contributed by atoms with van der Waals surface area (Å²) < 4.78 is 0. The standard InChI is InChI=1S/C19H17NO4/c21-16-6-5-12(9-18(16)23)7-8-20-19(24)15-10-13-3-1-2-4-14(13)11-17(15)22/h1-6,9-11,21-23H,7-8H2,(H,20,24). The van der Waals surface area contributed by atoms with Crippen molar-refractivity contribution in [1.82, 2.24) is 5.32 Å². The van der Waals surface area contributed by atoms with E-state index < -0.39 is 0 Å². The number of hydrogen-bond acceptors (Lipinski definition) is 4. The summed E-state index contributed by atoms with van der Waals surface area (Å²) in [4.78, 5) is 12.3. The largest absolute Gasteiger partial charge is 0.507 e. The number of amides is 1. The van der Waals surface area contributed by atoms with Gasteiger partial charge >= 0.3 is 0 Å². The van der Waals surface area contributed by atoms with Gasteiger partial charge in [-0.05, 0) is 47.0 Å². The molecule has 4 N–H and O–H groups in total. The van der Waals surface area contributed by atoms with Gasteiger partial charge in [-0.15, -0.1) is 0 Å². The van der Waals surface area contributed by atoms with Crippen LogP contribution in [0.15, 0.2) is 54.6 Å². The average Bonchev–Trinajstić information content (AvgIpc) is 2.57. The summed E-state index contributed by atoms with van der Waals surface area (Å²) in [6.45, 7) is 0.343. The lowest BCUT2D eigenvalue weighted by atomic mass is 10.1. The molecule has 24 heavy (non-hydrogen) atoms. The van der Waals surface area contributed by atoms with Gasteiger partial charge < -0.3 is 20.6 Å². The molecule has 0 radical (unpaired) electrons. The molecule has 0 aliphatic rings. The highest BCUT2D eigenvalue weighted by atomic mass is 16.3. The SMILES string of the molecule is O=C(NCCc1ccc(O)c(O)c1)c1cc2ccccc2cc1O. The molecule has 0 saturated carbocycles. The maximum atomic E-state index is 12.3. The third kappa shape index (κ3) is 3.25. The molecule has 0 heterocycles. The molecule has 3 aromatic carbocycles. The second-order valence-electron chi connectivity index (χ2n) is 5.55. The van der Waals surface area contributed by atoms with E-state index in [1.54, 1.807) is 18.2 Å². The monoisotopic (exact) mass is 323 g/mol. The van der Waals surface area contributed by atoms with E-state index in [0.29, 0.717) is 13.0 Å². The molecule has 3 rings (SSSR count). The van der Waals surface area contributed by atoms with E-state index in [-0.39, 0.29) is 28.7 Å². The van der Waals surface area contributed by atoms with Crippen LogP contribution in [0.5, 0.6) is 17.2 Å². The van der Waals surface area contributed by atoms with Gasteiger partial charge in [-0.25, -0.2) is 0 Å². The summed E-state index contributed by atoms with van der Waals surface area (Å²) in [7, 11) is 0. The Hall–Kier alpha value is -3.21. The lowest BCUT2D eigenvalue weighted by molar-refractivity contribution is 0.0951. The van der Waals surface area contributed by atoms with Gasteiger partial charge in [0.15, 0.2) is 11.5 Å². The molecule has 5 nitrogen and oxygen atoms in total. The van der Waals surface area contributed by atoms with Crippen LogP contribution in [0.4, 0.5) is 0 Å². The van der Waals surface area contributed by atoms with Crippen LogP contribution in [0.3, 0.4) is 0 Å². The molecule has 0 aliphatic carbocycles. The Morgan fingerprint density at radius 3 is 2.25 bits per heavy atom. The number of phenolic OH excluding ortho intramolecular Hbond substituents is 3. The van der Waals surface area contributed by atoms with Gasteiger partial charge in [-0.3, -0.25) is 4.79 Å². The van der Waals surface area contributed by atoms with Gasteiger partial charge in [0, 0.05) is 6.54 Å². The lowest BCUT2D eigenvalue weighted by Crippen LogP contribution is -2.25. The Labute approximate surface area is 138 Å². The van der Waals surface area contributed by atoms with Crippen LogP contribution < -0.4 is 5.32 Å². The summed E-state index contributed by atoms with van der Waals surface area (Å²) in [5.41, 5.74) is 1.01. The molecule has 0 spiro atoms. The summed E-state index contributed by atoms with van der Waals surface area (Å²) in [5.74, 6) is -0.787. The van der Waals surface area contributed by atoms with E-state index in [0.717, 1.165) is 16.3 Å². The Bertz CT molecular complexity index is 905. The normalized spacial score (nSPS) is 10.7. The number of fused-ring (bicyclic) bond motifs is 1. The Kier molecular flexibility index (Phi) is 4.24. The van der Waals surface area contributed by atoms with Crippen LogP contribution in [0, 0.1) is 0 Å². The topological polar surface area (TPSA) is 89.8 Å². The molecule has 1 amide bonds. The highest BCUT2D eigenvalue weighted by molar-refractivity contribution is 6.01. The van der Waals surface area contributed by atoms with Crippen LogP contribution >= 0.6 is 0 Å². The fourth-order valence-corrected chi connectivity index (χ4v) is 2.55. The highest BCUT2D eigenvalue weighted by Gasteiger charge is 2.12. The Morgan fingerprint density at radius 1 is 0.833 bits per heavy atom. The van der Waals surface area contributed by atoms with E-state index in [9.17, 15) is 20.1 Å². The van der Waals surface area contributed by atoms with Crippen LogP contribution in [-0.4, -0.2) is 27.8 Å². The summed E-state index contributed by atoms with van der Waals surface area (Å²) >= 11 is 0. The first-order chi connectivity index (χ1) is 11.5. The summed E-state index contributed by atoms with van der Waals surface area (Å²) in [6.07, 6.45) is 0.494. The summed E-state index contributed by atoms with van der Waals surface area (Å²) in [5, 5.41) is 33.3. The molecule has 0 saturated heterocycles. The van der Waals surface area contributed by atoms with E-state index in [2.05, 4.69) is 5.32 Å². The number of aromatic hydroxyl groups is 3. The van der Waals surface area contributed by atoms with Crippen molar-refractivity contribution in [3.05, 3.63) is 65.7 Å². The minimum atomic E-state index is -0.360. The number of carbonyl (C=O) groups excluding carboxylic acids is 1. The van der Waals surface area contributed by atoms with E-state index in [1.165, 1.54) is 12.1 Å². The smallest absolute Gasteiger partial charge is 0.255 e. The first kappa shape index (κ1) is 15.7. The average molecular weight is 323 g/mol. The maximum Gasteiger partial charge on any atom is 0.255 e. The number of phenols is 3. The number of nitrogens with one attached hydrogen (secondary N) is 1. The number of benzene rings is 3. The molecule has 0 aromatic heterocycles. The predicted octanol–water partition coefficient (Wildman–Crippen LogP) is 2.93.